The van der Waals surface area contributed by atoms with Gasteiger partial charge in [0.2, 0.25) is 0 Å². The Bertz CT molecular complexity index is 510. The van der Waals surface area contributed by atoms with Crippen LogP contribution in [-0.2, 0) is 19.6 Å². The number of nitrogens with zero attached hydrogens (tertiary/aromatic N) is 5. The molecule has 0 bridgehead atoms. The second-order valence-electron chi connectivity index (χ2n) is 4.85. The lowest BCUT2D eigenvalue weighted by Crippen LogP contribution is -2.15. The minimum absolute atomic E-state index is 0.710. The van der Waals surface area contributed by atoms with E-state index in [1.165, 1.54) is 12.8 Å². The van der Waals surface area contributed by atoms with Crippen molar-refractivity contribution < 1.29 is 0 Å². The van der Waals surface area contributed by atoms with Gasteiger partial charge < -0.3 is 5.32 Å². The number of aryl methyl sites for hydroxylation is 3. The summed E-state index contributed by atoms with van der Waals surface area (Å²) in [7, 11) is 0. The normalized spacial score (nSPS) is 15.2. The number of nitrogens with one attached hydrogen (secondary N) is 1. The third-order valence-electron chi connectivity index (χ3n) is 3.07. The summed E-state index contributed by atoms with van der Waals surface area (Å²) in [6.07, 6.45) is 6.59. The molecule has 1 N–H and O–H groups in total. The molecule has 1 aliphatic rings. The van der Waals surface area contributed by atoms with E-state index in [2.05, 4.69) is 20.7 Å². The lowest BCUT2D eigenvalue weighted by molar-refractivity contribution is 0.488. The van der Waals surface area contributed by atoms with E-state index < -0.39 is 0 Å². The number of rotatable bonds is 6. The highest BCUT2D eigenvalue weighted by molar-refractivity contribution is 4.95. The monoisotopic (exact) mass is 246 g/mol. The van der Waals surface area contributed by atoms with E-state index in [0.717, 1.165) is 31.0 Å². The molecule has 1 fully saturated rings. The predicted molar refractivity (Wildman–Crippen MR) is 66.8 cm³/mol. The van der Waals surface area contributed by atoms with Crippen LogP contribution < -0.4 is 5.32 Å². The number of hydrogen-bond acceptors (Lipinski definition) is 4. The van der Waals surface area contributed by atoms with E-state index in [-0.39, 0.29) is 0 Å². The summed E-state index contributed by atoms with van der Waals surface area (Å²) in [6, 6.07) is 2.72. The van der Waals surface area contributed by atoms with Gasteiger partial charge in [-0.25, -0.2) is 0 Å². The van der Waals surface area contributed by atoms with Crippen LogP contribution in [0.25, 0.3) is 0 Å². The number of aromatic nitrogens is 5. The second-order valence-corrected chi connectivity index (χ2v) is 4.85. The zero-order valence-corrected chi connectivity index (χ0v) is 10.6. The van der Waals surface area contributed by atoms with E-state index in [1.807, 2.05) is 34.7 Å². The topological polar surface area (TPSA) is 60.6 Å². The Kier molecular flexibility index (Phi) is 3.10. The van der Waals surface area contributed by atoms with Crippen molar-refractivity contribution >= 4 is 0 Å². The molecule has 0 unspecified atom stereocenters. The summed E-state index contributed by atoms with van der Waals surface area (Å²) in [5.41, 5.74) is 2.06. The van der Waals surface area contributed by atoms with Crippen LogP contribution in [0.2, 0.25) is 0 Å². The fraction of sp³-hybridized carbons (Fsp3) is 0.583. The smallest absolute Gasteiger partial charge is 0.0964 e. The van der Waals surface area contributed by atoms with Crippen LogP contribution in [0.1, 0.15) is 24.2 Å². The summed E-state index contributed by atoms with van der Waals surface area (Å²) in [4.78, 5) is 0. The highest BCUT2D eigenvalue weighted by Gasteiger charge is 2.20. The standard InChI is InChI=1S/C12H18N6/c1-10-4-5-17(15-10)6-7-18-9-12(14-16-18)8-13-11-2-3-11/h4-5,9,11,13H,2-3,6-8H2,1H3. The molecule has 1 saturated carbocycles. The molecule has 0 amide bonds. The second kappa shape index (κ2) is 4.89. The lowest BCUT2D eigenvalue weighted by atomic mass is 10.4. The molecule has 0 spiro atoms. The van der Waals surface area contributed by atoms with Gasteiger partial charge in [-0.1, -0.05) is 5.21 Å². The van der Waals surface area contributed by atoms with Gasteiger partial charge >= 0.3 is 0 Å². The maximum atomic E-state index is 4.34. The van der Waals surface area contributed by atoms with E-state index in [4.69, 9.17) is 0 Å². The zero-order chi connectivity index (χ0) is 12.4. The Labute approximate surface area is 106 Å². The predicted octanol–water partition coefficient (Wildman–Crippen LogP) is 0.735. The van der Waals surface area contributed by atoms with Gasteiger partial charge in [0.1, 0.15) is 0 Å². The molecular formula is C12H18N6. The summed E-state index contributed by atoms with van der Waals surface area (Å²) < 4.78 is 3.81. The van der Waals surface area contributed by atoms with Crippen LogP contribution in [0.4, 0.5) is 0 Å². The number of hydrogen-bond donors (Lipinski definition) is 1. The average molecular weight is 246 g/mol. The van der Waals surface area contributed by atoms with Crippen molar-refractivity contribution in [2.75, 3.05) is 0 Å². The van der Waals surface area contributed by atoms with Gasteiger partial charge in [-0.05, 0) is 25.8 Å². The van der Waals surface area contributed by atoms with Crippen LogP contribution in [-0.4, -0.2) is 30.8 Å². The third-order valence-corrected chi connectivity index (χ3v) is 3.07. The fourth-order valence-corrected chi connectivity index (χ4v) is 1.86. The van der Waals surface area contributed by atoms with E-state index in [0.29, 0.717) is 6.04 Å². The minimum Gasteiger partial charge on any atom is -0.308 e. The van der Waals surface area contributed by atoms with Crippen molar-refractivity contribution in [1.29, 1.82) is 0 Å². The Morgan fingerprint density at radius 3 is 2.89 bits per heavy atom. The van der Waals surface area contributed by atoms with E-state index in [9.17, 15) is 0 Å². The Balaban J connectivity index is 1.49. The summed E-state index contributed by atoms with van der Waals surface area (Å²) in [5.74, 6) is 0. The molecule has 0 aromatic carbocycles. The van der Waals surface area contributed by atoms with Crippen molar-refractivity contribution in [3.8, 4) is 0 Å². The molecule has 3 rings (SSSR count). The molecule has 18 heavy (non-hydrogen) atoms. The lowest BCUT2D eigenvalue weighted by Gasteiger charge is -2.00. The quantitative estimate of drug-likeness (QED) is 0.816. The highest BCUT2D eigenvalue weighted by Crippen LogP contribution is 2.18. The summed E-state index contributed by atoms with van der Waals surface area (Å²) >= 11 is 0. The summed E-state index contributed by atoms with van der Waals surface area (Å²) in [6.45, 7) is 4.45. The fourth-order valence-electron chi connectivity index (χ4n) is 1.86. The molecule has 6 heteroatoms. The average Bonchev–Trinajstić information content (AvgIpc) is 2.93. The molecule has 0 aliphatic heterocycles. The Hall–Kier alpha value is -1.69. The zero-order valence-electron chi connectivity index (χ0n) is 10.6. The van der Waals surface area contributed by atoms with Crippen molar-refractivity contribution in [2.45, 2.75) is 45.4 Å². The van der Waals surface area contributed by atoms with Crippen LogP contribution >= 0.6 is 0 Å². The van der Waals surface area contributed by atoms with Gasteiger partial charge in [0, 0.05) is 25.0 Å². The molecule has 96 valence electrons. The van der Waals surface area contributed by atoms with E-state index >= 15 is 0 Å². The van der Waals surface area contributed by atoms with Crippen LogP contribution in [0.3, 0.4) is 0 Å². The minimum atomic E-state index is 0.710. The first-order valence-electron chi connectivity index (χ1n) is 6.42. The van der Waals surface area contributed by atoms with Gasteiger partial charge in [-0.3, -0.25) is 9.36 Å². The largest absolute Gasteiger partial charge is 0.308 e. The first kappa shape index (κ1) is 11.4. The van der Waals surface area contributed by atoms with Crippen molar-refractivity contribution in [2.24, 2.45) is 0 Å². The van der Waals surface area contributed by atoms with Gasteiger partial charge in [0.25, 0.3) is 0 Å². The van der Waals surface area contributed by atoms with Gasteiger partial charge in [0.15, 0.2) is 0 Å². The van der Waals surface area contributed by atoms with Crippen LogP contribution in [0.5, 0.6) is 0 Å². The molecular weight excluding hydrogens is 228 g/mol. The van der Waals surface area contributed by atoms with E-state index in [1.54, 1.807) is 0 Å². The Morgan fingerprint density at radius 2 is 2.17 bits per heavy atom. The third kappa shape index (κ3) is 2.95. The first-order chi connectivity index (χ1) is 8.79. The van der Waals surface area contributed by atoms with Gasteiger partial charge in [-0.2, -0.15) is 5.10 Å². The molecule has 0 radical (unpaired) electrons. The molecule has 2 aromatic heterocycles. The molecule has 0 saturated heterocycles. The van der Waals surface area contributed by atoms with Gasteiger partial charge in [-0.15, -0.1) is 5.10 Å². The molecule has 0 atom stereocenters. The molecule has 6 nitrogen and oxygen atoms in total. The molecule has 2 aromatic rings. The SMILES string of the molecule is Cc1ccn(CCn2cc(CNC3CC3)nn2)n1. The van der Waals surface area contributed by atoms with Crippen molar-refractivity contribution in [3.63, 3.8) is 0 Å². The maximum Gasteiger partial charge on any atom is 0.0964 e. The van der Waals surface area contributed by atoms with Crippen LogP contribution in [0.15, 0.2) is 18.5 Å². The van der Waals surface area contributed by atoms with Crippen molar-refractivity contribution in [3.05, 3.63) is 29.8 Å². The first-order valence-corrected chi connectivity index (χ1v) is 6.42. The Morgan fingerprint density at radius 1 is 1.33 bits per heavy atom. The van der Waals surface area contributed by atoms with Gasteiger partial charge in [0.05, 0.1) is 24.5 Å². The highest BCUT2D eigenvalue weighted by atomic mass is 15.4. The van der Waals surface area contributed by atoms with Crippen molar-refractivity contribution in [1.82, 2.24) is 30.1 Å². The molecule has 1 aliphatic carbocycles. The molecule has 2 heterocycles. The maximum absolute atomic E-state index is 4.34. The summed E-state index contributed by atoms with van der Waals surface area (Å²) in [5, 5.41) is 16.0. The van der Waals surface area contributed by atoms with Crippen LogP contribution in [0, 0.1) is 6.92 Å².